The fraction of sp³-hybridized carbons (Fsp3) is 0.267. The van der Waals surface area contributed by atoms with Gasteiger partial charge < -0.3 is 10.1 Å². The summed E-state index contributed by atoms with van der Waals surface area (Å²) in [5.41, 5.74) is 1.34. The Morgan fingerprint density at radius 3 is 2.78 bits per heavy atom. The van der Waals surface area contributed by atoms with Crippen molar-refractivity contribution in [2.75, 3.05) is 10.8 Å². The van der Waals surface area contributed by atoms with Gasteiger partial charge >= 0.3 is 5.97 Å². The minimum absolute atomic E-state index is 0.0642. The van der Waals surface area contributed by atoms with Crippen molar-refractivity contribution in [1.82, 2.24) is 4.98 Å². The normalized spacial score (nSPS) is 14.6. The molecule has 2 N–H and O–H groups in total. The van der Waals surface area contributed by atoms with Gasteiger partial charge in [0.15, 0.2) is 0 Å². The van der Waals surface area contributed by atoms with Crippen LogP contribution in [-0.4, -0.2) is 31.0 Å². The van der Waals surface area contributed by atoms with Crippen molar-refractivity contribution < 1.29 is 22.7 Å². The lowest BCUT2D eigenvalue weighted by Crippen LogP contribution is -2.36. The summed E-state index contributed by atoms with van der Waals surface area (Å²) < 4.78 is 40.9. The van der Waals surface area contributed by atoms with Crippen molar-refractivity contribution in [3.05, 3.63) is 47.0 Å². The SMILES string of the molecule is Cc1ccc(F)c2c1CCCN2S(=O)(=O)c1c[nH]c(C(=O)O)c1. The number of aryl methyl sites for hydroxylation is 1. The molecule has 0 saturated heterocycles. The van der Waals surface area contributed by atoms with E-state index >= 15 is 0 Å². The highest BCUT2D eigenvalue weighted by Gasteiger charge is 2.33. The molecule has 2 heterocycles. The Bertz CT molecular complexity index is 889. The van der Waals surface area contributed by atoms with Gasteiger partial charge in [0.2, 0.25) is 0 Å². The molecule has 0 unspecified atom stereocenters. The maximum Gasteiger partial charge on any atom is 0.352 e. The van der Waals surface area contributed by atoms with E-state index in [4.69, 9.17) is 5.11 Å². The van der Waals surface area contributed by atoms with Crippen LogP contribution >= 0.6 is 0 Å². The second-order valence-corrected chi connectivity index (χ2v) is 7.29. The topological polar surface area (TPSA) is 90.5 Å². The molecule has 0 saturated carbocycles. The zero-order valence-electron chi connectivity index (χ0n) is 12.3. The lowest BCUT2D eigenvalue weighted by molar-refractivity contribution is 0.0691. The zero-order chi connectivity index (χ0) is 16.8. The molecule has 8 heteroatoms. The van der Waals surface area contributed by atoms with Crippen LogP contribution in [0.2, 0.25) is 0 Å². The highest BCUT2D eigenvalue weighted by molar-refractivity contribution is 7.92. The molecule has 23 heavy (non-hydrogen) atoms. The average molecular weight is 338 g/mol. The first-order valence-corrected chi connectivity index (χ1v) is 8.49. The average Bonchev–Trinajstić information content (AvgIpc) is 3.01. The molecule has 0 spiro atoms. The number of benzene rings is 1. The van der Waals surface area contributed by atoms with Crippen LogP contribution in [-0.2, 0) is 16.4 Å². The standard InChI is InChI=1S/C15H15FN2O4S/c1-9-4-5-12(16)14-11(9)3-2-6-18(14)23(21,22)10-7-13(15(19)20)17-8-10/h4-5,7-8,17H,2-3,6H2,1H3,(H,19,20). The summed E-state index contributed by atoms with van der Waals surface area (Å²) in [6.07, 6.45) is 2.30. The van der Waals surface area contributed by atoms with Crippen LogP contribution in [0.5, 0.6) is 0 Å². The van der Waals surface area contributed by atoms with Gasteiger partial charge in [0.05, 0.1) is 5.69 Å². The lowest BCUT2D eigenvalue weighted by atomic mass is 9.98. The van der Waals surface area contributed by atoms with Crippen molar-refractivity contribution >= 4 is 21.7 Å². The van der Waals surface area contributed by atoms with Crippen molar-refractivity contribution in [1.29, 1.82) is 0 Å². The number of hydrogen-bond acceptors (Lipinski definition) is 3. The van der Waals surface area contributed by atoms with Crippen LogP contribution in [0, 0.1) is 12.7 Å². The minimum atomic E-state index is -4.03. The number of H-pyrrole nitrogens is 1. The molecular formula is C15H15FN2O4S. The van der Waals surface area contributed by atoms with Crippen LogP contribution in [0.25, 0.3) is 0 Å². The van der Waals surface area contributed by atoms with Gasteiger partial charge in [-0.2, -0.15) is 0 Å². The Balaban J connectivity index is 2.12. The van der Waals surface area contributed by atoms with E-state index in [2.05, 4.69) is 4.98 Å². The number of fused-ring (bicyclic) bond motifs is 1. The summed E-state index contributed by atoms with van der Waals surface area (Å²) in [4.78, 5) is 13.1. The third-order valence-electron chi connectivity index (χ3n) is 3.98. The van der Waals surface area contributed by atoms with Crippen LogP contribution in [0.3, 0.4) is 0 Å². The van der Waals surface area contributed by atoms with Gasteiger partial charge in [-0.15, -0.1) is 0 Å². The van der Waals surface area contributed by atoms with Gasteiger partial charge in [0, 0.05) is 12.7 Å². The number of carboxylic acids is 1. The molecule has 6 nitrogen and oxygen atoms in total. The third kappa shape index (κ3) is 2.48. The van der Waals surface area contributed by atoms with E-state index in [9.17, 15) is 17.6 Å². The Morgan fingerprint density at radius 2 is 2.13 bits per heavy atom. The molecule has 122 valence electrons. The number of halogens is 1. The zero-order valence-corrected chi connectivity index (χ0v) is 13.2. The summed E-state index contributed by atoms with van der Waals surface area (Å²) in [5, 5.41) is 8.91. The summed E-state index contributed by atoms with van der Waals surface area (Å²) in [6.45, 7) is 1.97. The number of hydrogen-bond donors (Lipinski definition) is 2. The number of anilines is 1. The highest BCUT2D eigenvalue weighted by atomic mass is 32.2. The van der Waals surface area contributed by atoms with Gasteiger partial charge in [0.1, 0.15) is 16.4 Å². The summed E-state index contributed by atoms with van der Waals surface area (Å²) >= 11 is 0. The quantitative estimate of drug-likeness (QED) is 0.898. The second-order valence-electron chi connectivity index (χ2n) is 5.43. The highest BCUT2D eigenvalue weighted by Crippen LogP contribution is 2.36. The van der Waals surface area contributed by atoms with E-state index in [0.29, 0.717) is 18.4 Å². The van der Waals surface area contributed by atoms with Gasteiger partial charge in [0.25, 0.3) is 10.0 Å². The number of nitrogens with one attached hydrogen (secondary N) is 1. The number of aromatic carboxylic acids is 1. The number of carbonyl (C=O) groups is 1. The van der Waals surface area contributed by atoms with E-state index in [1.807, 2.05) is 6.92 Å². The van der Waals surface area contributed by atoms with E-state index < -0.39 is 21.8 Å². The first-order chi connectivity index (χ1) is 10.8. The first kappa shape index (κ1) is 15.5. The Hall–Kier alpha value is -2.35. The first-order valence-electron chi connectivity index (χ1n) is 7.05. The van der Waals surface area contributed by atoms with E-state index in [-0.39, 0.29) is 22.8 Å². The molecule has 1 aromatic carbocycles. The number of nitrogens with zero attached hydrogens (tertiary/aromatic N) is 1. The van der Waals surface area contributed by atoms with Crippen LogP contribution in [0.1, 0.15) is 28.0 Å². The Morgan fingerprint density at radius 1 is 1.39 bits per heavy atom. The van der Waals surface area contributed by atoms with Crippen molar-refractivity contribution in [3.8, 4) is 0 Å². The predicted octanol–water partition coefficient (Wildman–Crippen LogP) is 2.30. The molecule has 2 aromatic rings. The fourth-order valence-electron chi connectivity index (χ4n) is 2.82. The van der Waals surface area contributed by atoms with Gasteiger partial charge in [-0.05, 0) is 43.0 Å². The molecule has 0 fully saturated rings. The lowest BCUT2D eigenvalue weighted by Gasteiger charge is -2.31. The smallest absolute Gasteiger partial charge is 0.352 e. The molecule has 0 amide bonds. The van der Waals surface area contributed by atoms with E-state index in [1.165, 1.54) is 6.07 Å². The molecule has 0 bridgehead atoms. The fourth-order valence-corrected chi connectivity index (χ4v) is 4.36. The Labute approximate surface area is 132 Å². The Kier molecular flexibility index (Phi) is 3.63. The van der Waals surface area contributed by atoms with Gasteiger partial charge in [-0.1, -0.05) is 6.07 Å². The third-order valence-corrected chi connectivity index (χ3v) is 5.76. The maximum absolute atomic E-state index is 14.3. The van der Waals surface area contributed by atoms with Gasteiger partial charge in [-0.25, -0.2) is 17.6 Å². The van der Waals surface area contributed by atoms with Crippen molar-refractivity contribution in [3.63, 3.8) is 0 Å². The second kappa shape index (κ2) is 5.38. The maximum atomic E-state index is 14.3. The van der Waals surface area contributed by atoms with Crippen LogP contribution in [0.15, 0.2) is 29.3 Å². The summed E-state index contributed by atoms with van der Waals surface area (Å²) in [6, 6.07) is 3.92. The molecule has 1 aromatic heterocycles. The van der Waals surface area contributed by atoms with E-state index in [1.54, 1.807) is 6.07 Å². The van der Waals surface area contributed by atoms with Crippen LogP contribution in [0.4, 0.5) is 10.1 Å². The number of sulfonamides is 1. The van der Waals surface area contributed by atoms with Gasteiger partial charge in [-0.3, -0.25) is 4.31 Å². The van der Waals surface area contributed by atoms with E-state index in [0.717, 1.165) is 22.1 Å². The van der Waals surface area contributed by atoms with Crippen LogP contribution < -0.4 is 4.31 Å². The number of aromatic amines is 1. The molecule has 0 aliphatic carbocycles. The molecular weight excluding hydrogens is 323 g/mol. The molecule has 1 aliphatic rings. The number of rotatable bonds is 3. The monoisotopic (exact) mass is 338 g/mol. The van der Waals surface area contributed by atoms with Crippen molar-refractivity contribution in [2.24, 2.45) is 0 Å². The number of carboxylic acid groups (broad SMARTS) is 1. The van der Waals surface area contributed by atoms with Crippen molar-refractivity contribution in [2.45, 2.75) is 24.7 Å². The molecule has 1 aliphatic heterocycles. The molecule has 0 radical (unpaired) electrons. The molecule has 0 atom stereocenters. The molecule has 3 rings (SSSR count). The summed E-state index contributed by atoms with van der Waals surface area (Å²) in [5.74, 6) is -1.85. The predicted molar refractivity (Wildman–Crippen MR) is 81.7 cm³/mol. The largest absolute Gasteiger partial charge is 0.477 e. The minimum Gasteiger partial charge on any atom is -0.477 e. The number of aromatic nitrogens is 1. The summed E-state index contributed by atoms with van der Waals surface area (Å²) in [7, 11) is -4.03.